The summed E-state index contributed by atoms with van der Waals surface area (Å²) in [5, 5.41) is 22.0. The number of nitrogens with zero attached hydrogens (tertiary/aromatic N) is 4. The highest BCUT2D eigenvalue weighted by atomic mass is 32.1. The molecule has 0 atom stereocenters. The van der Waals surface area contributed by atoms with Gasteiger partial charge in [-0.05, 0) is 28.8 Å². The number of benzene rings is 1. The first kappa shape index (κ1) is 15.2. The van der Waals surface area contributed by atoms with Crippen molar-refractivity contribution in [3.05, 3.63) is 52.4 Å². The molecule has 0 aliphatic heterocycles. The van der Waals surface area contributed by atoms with Gasteiger partial charge in [-0.3, -0.25) is 10.0 Å². The van der Waals surface area contributed by atoms with E-state index in [0.29, 0.717) is 5.82 Å². The lowest BCUT2D eigenvalue weighted by molar-refractivity contribution is 0.0705. The van der Waals surface area contributed by atoms with E-state index in [-0.39, 0.29) is 17.7 Å². The Morgan fingerprint density at radius 3 is 2.70 bits per heavy atom. The number of amides is 1. The molecule has 1 aromatic carbocycles. The van der Waals surface area contributed by atoms with E-state index < -0.39 is 17.5 Å². The fraction of sp³-hybridized carbons (Fsp3) is 0.0769. The van der Waals surface area contributed by atoms with Gasteiger partial charge in [0.2, 0.25) is 5.82 Å². The van der Waals surface area contributed by atoms with E-state index in [4.69, 9.17) is 5.21 Å². The average molecular weight is 337 g/mol. The number of hydroxylamine groups is 1. The number of hydrogen-bond donors (Lipinski definition) is 2. The van der Waals surface area contributed by atoms with Crippen LogP contribution in [-0.4, -0.2) is 31.3 Å². The van der Waals surface area contributed by atoms with Gasteiger partial charge in [-0.2, -0.15) is 4.80 Å². The van der Waals surface area contributed by atoms with Crippen LogP contribution in [0.15, 0.2) is 29.6 Å². The average Bonchev–Trinajstić information content (AvgIpc) is 3.20. The minimum Gasteiger partial charge on any atom is -0.288 e. The Kier molecular flexibility index (Phi) is 4.08. The Morgan fingerprint density at radius 2 is 2.09 bits per heavy atom. The number of halogens is 2. The Morgan fingerprint density at radius 1 is 1.35 bits per heavy atom. The van der Waals surface area contributed by atoms with Gasteiger partial charge in [0.05, 0.1) is 11.4 Å². The van der Waals surface area contributed by atoms with Gasteiger partial charge in [0.15, 0.2) is 0 Å². The van der Waals surface area contributed by atoms with Crippen LogP contribution >= 0.6 is 11.3 Å². The van der Waals surface area contributed by atoms with E-state index in [1.54, 1.807) is 6.07 Å². The number of carbonyl (C=O) groups is 1. The van der Waals surface area contributed by atoms with Gasteiger partial charge < -0.3 is 0 Å². The predicted octanol–water partition coefficient (Wildman–Crippen LogP) is 1.85. The van der Waals surface area contributed by atoms with Gasteiger partial charge in [-0.1, -0.05) is 6.07 Å². The van der Waals surface area contributed by atoms with Crippen molar-refractivity contribution in [2.75, 3.05) is 0 Å². The first-order valence-electron chi connectivity index (χ1n) is 6.32. The number of carbonyl (C=O) groups excluding carboxylic acids is 1. The Bertz CT molecular complexity index is 827. The van der Waals surface area contributed by atoms with Crippen LogP contribution < -0.4 is 5.48 Å². The minimum absolute atomic E-state index is 0.281. The van der Waals surface area contributed by atoms with Crippen molar-refractivity contribution in [1.29, 1.82) is 0 Å². The zero-order valence-electron chi connectivity index (χ0n) is 11.4. The number of nitrogens with one attached hydrogen (secondary N) is 1. The van der Waals surface area contributed by atoms with Gasteiger partial charge in [0, 0.05) is 11.1 Å². The molecule has 1 amide bonds. The molecule has 10 heteroatoms. The van der Waals surface area contributed by atoms with Gasteiger partial charge in [0.1, 0.15) is 11.6 Å². The summed E-state index contributed by atoms with van der Waals surface area (Å²) in [6.07, 6.45) is 0. The lowest BCUT2D eigenvalue weighted by Crippen LogP contribution is -2.19. The van der Waals surface area contributed by atoms with Crippen LogP contribution in [0.4, 0.5) is 8.78 Å². The van der Waals surface area contributed by atoms with Crippen molar-refractivity contribution in [3.8, 4) is 10.7 Å². The van der Waals surface area contributed by atoms with Crippen molar-refractivity contribution in [2.24, 2.45) is 0 Å². The Balaban J connectivity index is 1.87. The first-order chi connectivity index (χ1) is 11.1. The second kappa shape index (κ2) is 6.18. The zero-order chi connectivity index (χ0) is 16.4. The smallest absolute Gasteiger partial charge is 0.274 e. The Labute approximate surface area is 132 Å². The molecular formula is C13H9F2N5O2S. The molecule has 0 radical (unpaired) electrons. The molecule has 23 heavy (non-hydrogen) atoms. The highest BCUT2D eigenvalue weighted by Crippen LogP contribution is 2.20. The fourth-order valence-corrected chi connectivity index (χ4v) is 2.55. The molecule has 118 valence electrons. The molecule has 2 N–H and O–H groups in total. The van der Waals surface area contributed by atoms with E-state index >= 15 is 0 Å². The summed E-state index contributed by atoms with van der Waals surface area (Å²) >= 11 is 1.42. The zero-order valence-corrected chi connectivity index (χ0v) is 12.2. The summed E-state index contributed by atoms with van der Waals surface area (Å²) in [6, 6.07) is 5.27. The van der Waals surface area contributed by atoms with Crippen molar-refractivity contribution in [2.45, 2.75) is 6.54 Å². The van der Waals surface area contributed by atoms with Gasteiger partial charge in [-0.15, -0.1) is 21.5 Å². The molecule has 3 aromatic rings. The molecule has 0 bridgehead atoms. The lowest BCUT2D eigenvalue weighted by Gasteiger charge is -2.06. The molecule has 0 saturated carbocycles. The molecular weight excluding hydrogens is 328 g/mol. The van der Waals surface area contributed by atoms with Crippen molar-refractivity contribution >= 4 is 17.2 Å². The highest BCUT2D eigenvalue weighted by molar-refractivity contribution is 7.13. The first-order valence-corrected chi connectivity index (χ1v) is 7.20. The van der Waals surface area contributed by atoms with Crippen molar-refractivity contribution in [3.63, 3.8) is 0 Å². The predicted molar refractivity (Wildman–Crippen MR) is 75.8 cm³/mol. The van der Waals surface area contributed by atoms with E-state index in [1.807, 2.05) is 11.4 Å². The summed E-state index contributed by atoms with van der Waals surface area (Å²) in [5.41, 5.74) is 0.666. The molecule has 2 heterocycles. The number of rotatable bonds is 4. The van der Waals surface area contributed by atoms with Gasteiger partial charge in [-0.25, -0.2) is 14.3 Å². The van der Waals surface area contributed by atoms with E-state index in [0.717, 1.165) is 21.8 Å². The maximum Gasteiger partial charge on any atom is 0.274 e. The molecule has 0 aliphatic rings. The van der Waals surface area contributed by atoms with Crippen LogP contribution in [0.25, 0.3) is 10.7 Å². The third-order valence-corrected chi connectivity index (χ3v) is 3.86. The quantitative estimate of drug-likeness (QED) is 0.560. The highest BCUT2D eigenvalue weighted by Gasteiger charge is 2.17. The monoisotopic (exact) mass is 337 g/mol. The molecule has 0 aliphatic carbocycles. The standard InChI is InChI=1S/C13H9F2N5O2S/c14-9-4-7(13(21)18-22)5-10(15)8(9)6-20-17-12(16-19-20)11-2-1-3-23-11/h1-5,22H,6H2,(H,18,21). The van der Waals surface area contributed by atoms with Crippen molar-refractivity contribution < 1.29 is 18.8 Å². The van der Waals surface area contributed by atoms with E-state index in [2.05, 4.69) is 15.4 Å². The molecule has 0 unspecified atom stereocenters. The molecule has 0 spiro atoms. The molecule has 0 fully saturated rings. The number of hydrogen-bond acceptors (Lipinski definition) is 6. The van der Waals surface area contributed by atoms with Crippen LogP contribution in [0, 0.1) is 11.6 Å². The second-order valence-electron chi connectivity index (χ2n) is 4.48. The number of aromatic nitrogens is 4. The summed E-state index contributed by atoms with van der Waals surface area (Å²) in [6.45, 7) is -0.281. The fourth-order valence-electron chi connectivity index (χ4n) is 1.91. The SMILES string of the molecule is O=C(NO)c1cc(F)c(Cn2nnc(-c3cccs3)n2)c(F)c1. The topological polar surface area (TPSA) is 92.9 Å². The summed E-state index contributed by atoms with van der Waals surface area (Å²) < 4.78 is 28.0. The largest absolute Gasteiger partial charge is 0.288 e. The maximum absolute atomic E-state index is 14.0. The summed E-state index contributed by atoms with van der Waals surface area (Å²) in [4.78, 5) is 13.0. The normalized spacial score (nSPS) is 10.7. The van der Waals surface area contributed by atoms with Crippen LogP contribution in [0.3, 0.4) is 0 Å². The lowest BCUT2D eigenvalue weighted by atomic mass is 10.1. The third kappa shape index (κ3) is 3.07. The minimum atomic E-state index is -1.01. The molecule has 3 rings (SSSR count). The van der Waals surface area contributed by atoms with Gasteiger partial charge in [0.25, 0.3) is 5.91 Å². The molecule has 2 aromatic heterocycles. The third-order valence-electron chi connectivity index (χ3n) is 3.00. The van der Waals surface area contributed by atoms with Gasteiger partial charge >= 0.3 is 0 Å². The van der Waals surface area contributed by atoms with E-state index in [1.165, 1.54) is 16.8 Å². The number of tetrazole rings is 1. The molecule has 7 nitrogen and oxygen atoms in total. The Hall–Kier alpha value is -2.72. The van der Waals surface area contributed by atoms with Crippen LogP contribution in [0.2, 0.25) is 0 Å². The van der Waals surface area contributed by atoms with Crippen LogP contribution in [0.5, 0.6) is 0 Å². The maximum atomic E-state index is 14.0. The second-order valence-corrected chi connectivity index (χ2v) is 5.43. The molecule has 0 saturated heterocycles. The summed E-state index contributed by atoms with van der Waals surface area (Å²) in [5.74, 6) is -2.54. The number of thiophene rings is 1. The van der Waals surface area contributed by atoms with Crippen LogP contribution in [0.1, 0.15) is 15.9 Å². The van der Waals surface area contributed by atoms with Crippen LogP contribution in [-0.2, 0) is 6.54 Å². The van der Waals surface area contributed by atoms with Crippen molar-refractivity contribution in [1.82, 2.24) is 25.7 Å². The summed E-state index contributed by atoms with van der Waals surface area (Å²) in [7, 11) is 0. The van der Waals surface area contributed by atoms with E-state index in [9.17, 15) is 13.6 Å².